The Balaban J connectivity index is 1.87. The van der Waals surface area contributed by atoms with Crippen LogP contribution < -0.4 is 5.32 Å². The molecule has 0 spiro atoms. The molecule has 1 aliphatic heterocycles. The van der Waals surface area contributed by atoms with Gasteiger partial charge in [0.25, 0.3) is 5.69 Å². The lowest BCUT2D eigenvalue weighted by atomic mass is 9.97. The minimum Gasteiger partial charge on any atom is -0.369 e. The molecule has 1 aromatic rings. The average Bonchev–Trinajstić information content (AvgIpc) is 2.46. The van der Waals surface area contributed by atoms with Gasteiger partial charge in [0.1, 0.15) is 12.0 Å². The molecule has 7 heteroatoms. The first-order valence-corrected chi connectivity index (χ1v) is 7.65. The SMILES string of the molecule is CCN1CCC(CNc2ncc([N+](=O)[O-])cc2Br)CC1. The Bertz CT molecular complexity index is 475. The van der Waals surface area contributed by atoms with E-state index in [0.29, 0.717) is 16.2 Å². The van der Waals surface area contributed by atoms with E-state index in [-0.39, 0.29) is 5.69 Å². The smallest absolute Gasteiger partial charge is 0.288 e. The summed E-state index contributed by atoms with van der Waals surface area (Å²) in [5.74, 6) is 1.32. The molecule has 0 aromatic carbocycles. The molecule has 0 bridgehead atoms. The molecular weight excluding hydrogens is 324 g/mol. The monoisotopic (exact) mass is 342 g/mol. The zero-order chi connectivity index (χ0) is 14.5. The zero-order valence-electron chi connectivity index (χ0n) is 11.5. The molecule has 0 atom stereocenters. The second-order valence-electron chi connectivity index (χ2n) is 5.04. The van der Waals surface area contributed by atoms with Crippen LogP contribution in [0.3, 0.4) is 0 Å². The van der Waals surface area contributed by atoms with Crippen molar-refractivity contribution in [2.24, 2.45) is 5.92 Å². The van der Waals surface area contributed by atoms with Crippen molar-refractivity contribution in [1.82, 2.24) is 9.88 Å². The molecule has 1 aromatic heterocycles. The lowest BCUT2D eigenvalue weighted by Gasteiger charge is -2.31. The summed E-state index contributed by atoms with van der Waals surface area (Å²) in [6.45, 7) is 6.47. The number of aromatic nitrogens is 1. The molecule has 0 radical (unpaired) electrons. The highest BCUT2D eigenvalue weighted by Crippen LogP contribution is 2.25. The molecule has 2 rings (SSSR count). The number of halogens is 1. The minimum atomic E-state index is -0.442. The van der Waals surface area contributed by atoms with Gasteiger partial charge in [-0.25, -0.2) is 4.98 Å². The number of piperidine rings is 1. The molecule has 1 N–H and O–H groups in total. The Kier molecular flexibility index (Phi) is 5.31. The largest absolute Gasteiger partial charge is 0.369 e. The summed E-state index contributed by atoms with van der Waals surface area (Å²) in [6, 6.07) is 1.48. The van der Waals surface area contributed by atoms with E-state index in [9.17, 15) is 10.1 Å². The highest BCUT2D eigenvalue weighted by Gasteiger charge is 2.18. The first-order chi connectivity index (χ1) is 9.60. The van der Waals surface area contributed by atoms with Gasteiger partial charge in [0.15, 0.2) is 0 Å². The van der Waals surface area contributed by atoms with Crippen molar-refractivity contribution in [3.05, 3.63) is 26.9 Å². The summed E-state index contributed by atoms with van der Waals surface area (Å²) < 4.78 is 0.637. The minimum absolute atomic E-state index is 0.00122. The van der Waals surface area contributed by atoms with Gasteiger partial charge < -0.3 is 10.2 Å². The van der Waals surface area contributed by atoms with Gasteiger partial charge in [-0.2, -0.15) is 0 Å². The molecule has 0 saturated carbocycles. The van der Waals surface area contributed by atoms with Crippen LogP contribution in [0, 0.1) is 16.0 Å². The molecule has 6 nitrogen and oxygen atoms in total. The van der Waals surface area contributed by atoms with Crippen LogP contribution in [0.2, 0.25) is 0 Å². The summed E-state index contributed by atoms with van der Waals surface area (Å²) >= 11 is 3.32. The number of likely N-dealkylation sites (tertiary alicyclic amines) is 1. The number of nitrogens with one attached hydrogen (secondary N) is 1. The summed E-state index contributed by atoms with van der Waals surface area (Å²) in [5.41, 5.74) is -0.00122. The Hall–Kier alpha value is -1.21. The zero-order valence-corrected chi connectivity index (χ0v) is 13.1. The van der Waals surface area contributed by atoms with Crippen LogP contribution in [-0.2, 0) is 0 Å². The number of pyridine rings is 1. The third-order valence-corrected chi connectivity index (χ3v) is 4.35. The maximum Gasteiger partial charge on any atom is 0.288 e. The average molecular weight is 343 g/mol. The highest BCUT2D eigenvalue weighted by molar-refractivity contribution is 9.10. The van der Waals surface area contributed by atoms with Crippen molar-refractivity contribution >= 4 is 27.4 Å². The van der Waals surface area contributed by atoms with Crippen molar-refractivity contribution in [2.75, 3.05) is 31.5 Å². The van der Waals surface area contributed by atoms with Gasteiger partial charge in [0, 0.05) is 12.6 Å². The molecular formula is C13H19BrN4O2. The van der Waals surface area contributed by atoms with Crippen molar-refractivity contribution < 1.29 is 4.92 Å². The van der Waals surface area contributed by atoms with Gasteiger partial charge in [-0.1, -0.05) is 6.92 Å². The van der Waals surface area contributed by atoms with E-state index in [1.54, 1.807) is 0 Å². The summed E-state index contributed by atoms with van der Waals surface area (Å²) in [6.07, 6.45) is 3.66. The summed E-state index contributed by atoms with van der Waals surface area (Å²) in [5, 5.41) is 13.9. The second kappa shape index (κ2) is 6.99. The number of nitrogens with zero attached hydrogens (tertiary/aromatic N) is 3. The Morgan fingerprint density at radius 1 is 1.55 bits per heavy atom. The quantitative estimate of drug-likeness (QED) is 0.657. The van der Waals surface area contributed by atoms with Crippen LogP contribution in [0.4, 0.5) is 11.5 Å². The van der Waals surface area contributed by atoms with Crippen LogP contribution in [-0.4, -0.2) is 41.0 Å². The van der Waals surface area contributed by atoms with Crippen LogP contribution in [0.5, 0.6) is 0 Å². The molecule has 1 aliphatic rings. The number of hydrogen-bond acceptors (Lipinski definition) is 5. The van der Waals surface area contributed by atoms with Crippen LogP contribution >= 0.6 is 15.9 Å². The normalized spacial score (nSPS) is 17.1. The molecule has 1 fully saturated rings. The van der Waals surface area contributed by atoms with Gasteiger partial charge in [-0.15, -0.1) is 0 Å². The highest BCUT2D eigenvalue weighted by atomic mass is 79.9. The van der Waals surface area contributed by atoms with E-state index in [4.69, 9.17) is 0 Å². The number of rotatable bonds is 5. The third-order valence-electron chi connectivity index (χ3n) is 3.75. The number of anilines is 1. The summed E-state index contributed by atoms with van der Waals surface area (Å²) in [4.78, 5) is 16.8. The molecule has 0 unspecified atom stereocenters. The predicted octanol–water partition coefficient (Wildman–Crippen LogP) is 2.90. The first-order valence-electron chi connectivity index (χ1n) is 6.86. The number of nitro groups is 1. The second-order valence-corrected chi connectivity index (χ2v) is 5.89. The lowest BCUT2D eigenvalue weighted by Crippen LogP contribution is -2.35. The van der Waals surface area contributed by atoms with Crippen LogP contribution in [0.25, 0.3) is 0 Å². The molecule has 0 amide bonds. The topological polar surface area (TPSA) is 71.3 Å². The fourth-order valence-corrected chi connectivity index (χ4v) is 2.88. The fourth-order valence-electron chi connectivity index (χ4n) is 2.41. The van der Waals surface area contributed by atoms with E-state index in [2.05, 4.69) is 38.1 Å². The maximum atomic E-state index is 10.6. The first kappa shape index (κ1) is 15.2. The van der Waals surface area contributed by atoms with Gasteiger partial charge in [0.2, 0.25) is 0 Å². The van der Waals surface area contributed by atoms with Crippen molar-refractivity contribution in [3.8, 4) is 0 Å². The molecule has 1 saturated heterocycles. The maximum absolute atomic E-state index is 10.6. The fraction of sp³-hybridized carbons (Fsp3) is 0.615. The number of hydrogen-bond donors (Lipinski definition) is 1. The van der Waals surface area contributed by atoms with Gasteiger partial charge in [-0.3, -0.25) is 10.1 Å². The molecule has 20 heavy (non-hydrogen) atoms. The van der Waals surface area contributed by atoms with Crippen LogP contribution in [0.1, 0.15) is 19.8 Å². The van der Waals surface area contributed by atoms with Crippen molar-refractivity contribution in [1.29, 1.82) is 0 Å². The van der Waals surface area contributed by atoms with Crippen molar-refractivity contribution in [3.63, 3.8) is 0 Å². The van der Waals surface area contributed by atoms with E-state index in [1.807, 2.05) is 0 Å². The Labute approximate surface area is 126 Å². The van der Waals surface area contributed by atoms with Gasteiger partial charge in [-0.05, 0) is 54.3 Å². The van der Waals surface area contributed by atoms with Gasteiger partial charge in [0.05, 0.1) is 9.40 Å². The van der Waals surface area contributed by atoms with E-state index in [1.165, 1.54) is 25.1 Å². The predicted molar refractivity (Wildman–Crippen MR) is 81.9 cm³/mol. The Morgan fingerprint density at radius 2 is 2.25 bits per heavy atom. The molecule has 0 aliphatic carbocycles. The lowest BCUT2D eigenvalue weighted by molar-refractivity contribution is -0.385. The Morgan fingerprint density at radius 3 is 2.80 bits per heavy atom. The van der Waals surface area contributed by atoms with Crippen LogP contribution in [0.15, 0.2) is 16.7 Å². The third kappa shape index (κ3) is 3.89. The molecule has 110 valence electrons. The standard InChI is InChI=1S/C13H19BrN4O2/c1-2-17-5-3-10(4-6-17)8-15-13-12(14)7-11(9-16-13)18(19)20/h7,9-10H,2-6,8H2,1H3,(H,15,16). The summed E-state index contributed by atoms with van der Waals surface area (Å²) in [7, 11) is 0. The van der Waals surface area contributed by atoms with Crippen molar-refractivity contribution in [2.45, 2.75) is 19.8 Å². The van der Waals surface area contributed by atoms with Gasteiger partial charge >= 0.3 is 0 Å². The van der Waals surface area contributed by atoms with E-state index >= 15 is 0 Å². The van der Waals surface area contributed by atoms with E-state index in [0.717, 1.165) is 26.2 Å². The van der Waals surface area contributed by atoms with E-state index < -0.39 is 4.92 Å². The molecule has 2 heterocycles.